The fourth-order valence-electron chi connectivity index (χ4n) is 3.54. The lowest BCUT2D eigenvalue weighted by Gasteiger charge is -2.31. The van der Waals surface area contributed by atoms with Gasteiger partial charge >= 0.3 is 0 Å². The first-order valence-corrected chi connectivity index (χ1v) is 10.9. The predicted octanol–water partition coefficient (Wildman–Crippen LogP) is 2.62. The molecule has 8 nitrogen and oxygen atoms in total. The zero-order valence-electron chi connectivity index (χ0n) is 17.5. The summed E-state index contributed by atoms with van der Waals surface area (Å²) in [5.41, 5.74) is 4.78. The van der Waals surface area contributed by atoms with Crippen LogP contribution in [0, 0.1) is 27.7 Å². The summed E-state index contributed by atoms with van der Waals surface area (Å²) in [5, 5.41) is 11.3. The Bertz CT molecular complexity index is 1080. The second kappa shape index (κ2) is 8.53. The third-order valence-corrected chi connectivity index (χ3v) is 5.92. The van der Waals surface area contributed by atoms with Crippen molar-refractivity contribution in [2.75, 3.05) is 11.1 Å². The molecule has 0 bridgehead atoms. The number of carbonyl (C=O) groups excluding carboxylic acids is 1. The van der Waals surface area contributed by atoms with Gasteiger partial charge in [-0.3, -0.25) is 10.1 Å². The highest BCUT2D eigenvalue weighted by Gasteiger charge is 2.26. The maximum atomic E-state index is 12.3. The topological polar surface area (TPSA) is 105 Å². The number of fused-ring (bicyclic) bond motifs is 1. The lowest BCUT2D eigenvalue weighted by Crippen LogP contribution is -2.60. The maximum Gasteiger partial charge on any atom is 0.226 e. The number of anilines is 1. The number of para-hydroxylation sites is 1. The number of rotatable bonds is 5. The summed E-state index contributed by atoms with van der Waals surface area (Å²) >= 11 is 1.55. The second-order valence-electron chi connectivity index (χ2n) is 7.56. The standard InChI is InChI=1S/C21H25N7OS/c1-11-6-5-7-16-14(4)24-19(27-18(11)16)28-20-25-15(9-17(29)26-20)10-30-21-22-12(2)8-13(3)23-21/h5-8,15,20,25H,9-10H2,1-4H3,(H,26,29)(H,24,27,28). The Kier molecular flexibility index (Phi) is 5.83. The van der Waals surface area contributed by atoms with E-state index >= 15 is 0 Å². The van der Waals surface area contributed by atoms with Crippen LogP contribution in [0.2, 0.25) is 0 Å². The van der Waals surface area contributed by atoms with Crippen LogP contribution in [-0.2, 0) is 4.79 Å². The van der Waals surface area contributed by atoms with Crippen molar-refractivity contribution in [3.8, 4) is 0 Å². The molecule has 1 fully saturated rings. The lowest BCUT2D eigenvalue weighted by molar-refractivity contribution is -0.123. The number of amides is 1. The Hall–Kier alpha value is -2.78. The number of hydrogen-bond acceptors (Lipinski definition) is 8. The van der Waals surface area contributed by atoms with E-state index in [4.69, 9.17) is 0 Å². The molecule has 3 aromatic rings. The highest BCUT2D eigenvalue weighted by atomic mass is 32.2. The van der Waals surface area contributed by atoms with Crippen molar-refractivity contribution >= 4 is 34.5 Å². The Balaban J connectivity index is 1.45. The van der Waals surface area contributed by atoms with Crippen molar-refractivity contribution in [2.24, 2.45) is 0 Å². The smallest absolute Gasteiger partial charge is 0.226 e. The summed E-state index contributed by atoms with van der Waals surface area (Å²) in [7, 11) is 0. The number of thioether (sulfide) groups is 1. The van der Waals surface area contributed by atoms with Gasteiger partial charge in [0.1, 0.15) is 0 Å². The van der Waals surface area contributed by atoms with Gasteiger partial charge < -0.3 is 10.6 Å². The first kappa shape index (κ1) is 20.5. The zero-order valence-corrected chi connectivity index (χ0v) is 18.3. The highest BCUT2D eigenvalue weighted by molar-refractivity contribution is 7.99. The van der Waals surface area contributed by atoms with E-state index in [0.717, 1.165) is 38.7 Å². The van der Waals surface area contributed by atoms with Gasteiger partial charge in [0, 0.05) is 35.0 Å². The summed E-state index contributed by atoms with van der Waals surface area (Å²) in [5.74, 6) is 1.15. The van der Waals surface area contributed by atoms with Crippen LogP contribution >= 0.6 is 11.8 Å². The van der Waals surface area contributed by atoms with Crippen molar-refractivity contribution in [3.05, 3.63) is 46.9 Å². The first-order chi connectivity index (χ1) is 14.4. The molecule has 0 aliphatic carbocycles. The van der Waals surface area contributed by atoms with Crippen LogP contribution in [-0.4, -0.2) is 43.9 Å². The second-order valence-corrected chi connectivity index (χ2v) is 8.55. The molecule has 3 heterocycles. The number of benzene rings is 1. The minimum absolute atomic E-state index is 0.0195. The Morgan fingerprint density at radius 3 is 2.63 bits per heavy atom. The zero-order chi connectivity index (χ0) is 21.3. The number of hydrogen-bond donors (Lipinski definition) is 3. The minimum Gasteiger partial charge on any atom is -0.323 e. The van der Waals surface area contributed by atoms with Crippen LogP contribution in [0.15, 0.2) is 29.4 Å². The van der Waals surface area contributed by atoms with Gasteiger partial charge in [0.2, 0.25) is 11.9 Å². The molecule has 0 saturated carbocycles. The van der Waals surface area contributed by atoms with Crippen molar-refractivity contribution in [1.82, 2.24) is 30.6 Å². The molecular formula is C21H25N7OS. The fourth-order valence-corrected chi connectivity index (χ4v) is 4.52. The van der Waals surface area contributed by atoms with Gasteiger partial charge in [-0.1, -0.05) is 30.0 Å². The first-order valence-electron chi connectivity index (χ1n) is 9.88. The van der Waals surface area contributed by atoms with Crippen LogP contribution < -0.4 is 16.0 Å². The molecule has 2 atom stereocenters. The van der Waals surface area contributed by atoms with Crippen molar-refractivity contribution in [3.63, 3.8) is 0 Å². The molecule has 156 valence electrons. The van der Waals surface area contributed by atoms with E-state index < -0.39 is 6.29 Å². The quantitative estimate of drug-likeness (QED) is 0.425. The molecule has 1 amide bonds. The van der Waals surface area contributed by atoms with E-state index in [2.05, 4.69) is 35.9 Å². The Morgan fingerprint density at radius 1 is 1.10 bits per heavy atom. The Labute approximate surface area is 179 Å². The van der Waals surface area contributed by atoms with Gasteiger partial charge in [-0.15, -0.1) is 0 Å². The molecular weight excluding hydrogens is 398 g/mol. The van der Waals surface area contributed by atoms with Gasteiger partial charge in [0.05, 0.1) is 11.2 Å². The predicted molar refractivity (Wildman–Crippen MR) is 118 cm³/mol. The van der Waals surface area contributed by atoms with E-state index in [0.29, 0.717) is 18.1 Å². The van der Waals surface area contributed by atoms with Crippen LogP contribution in [0.5, 0.6) is 0 Å². The SMILES string of the molecule is Cc1cc(C)nc(SCC2CC(=O)NC(Nc3nc(C)c4cccc(C)c4n3)N2)n1. The van der Waals surface area contributed by atoms with E-state index in [1.165, 1.54) is 0 Å². The van der Waals surface area contributed by atoms with Gasteiger partial charge in [-0.2, -0.15) is 0 Å². The molecule has 2 unspecified atom stereocenters. The molecule has 3 N–H and O–H groups in total. The number of aromatic nitrogens is 4. The van der Waals surface area contributed by atoms with Crippen LogP contribution in [0.25, 0.3) is 10.9 Å². The molecule has 1 aliphatic heterocycles. The van der Waals surface area contributed by atoms with Crippen LogP contribution in [0.1, 0.15) is 29.1 Å². The largest absolute Gasteiger partial charge is 0.323 e. The summed E-state index contributed by atoms with van der Waals surface area (Å²) in [6.07, 6.45) is -0.0509. The van der Waals surface area contributed by atoms with Crippen molar-refractivity contribution < 1.29 is 4.79 Å². The van der Waals surface area contributed by atoms with Crippen LogP contribution in [0.4, 0.5) is 5.95 Å². The summed E-state index contributed by atoms with van der Waals surface area (Å²) in [6.45, 7) is 7.91. The molecule has 1 aliphatic rings. The molecule has 1 aromatic carbocycles. The highest BCUT2D eigenvalue weighted by Crippen LogP contribution is 2.21. The average Bonchev–Trinajstić information content (AvgIpc) is 2.66. The summed E-state index contributed by atoms with van der Waals surface area (Å²) in [6, 6.07) is 7.98. The molecule has 1 saturated heterocycles. The molecule has 9 heteroatoms. The monoisotopic (exact) mass is 423 g/mol. The van der Waals surface area contributed by atoms with Gasteiger partial charge in [-0.25, -0.2) is 19.9 Å². The molecule has 30 heavy (non-hydrogen) atoms. The van der Waals surface area contributed by atoms with Crippen molar-refractivity contribution in [1.29, 1.82) is 0 Å². The Morgan fingerprint density at radius 2 is 1.87 bits per heavy atom. The van der Waals surface area contributed by atoms with Gasteiger partial charge in [0.25, 0.3) is 0 Å². The molecule has 0 radical (unpaired) electrons. The minimum atomic E-state index is -0.446. The third-order valence-electron chi connectivity index (χ3n) is 4.91. The van der Waals surface area contributed by atoms with Crippen LogP contribution in [0.3, 0.4) is 0 Å². The third kappa shape index (κ3) is 4.68. The summed E-state index contributed by atoms with van der Waals surface area (Å²) < 4.78 is 0. The number of aryl methyl sites for hydroxylation is 4. The van der Waals surface area contributed by atoms with Crippen molar-refractivity contribution in [2.45, 2.75) is 51.6 Å². The van der Waals surface area contributed by atoms with E-state index in [1.807, 2.05) is 52.0 Å². The normalized spacial score (nSPS) is 19.0. The molecule has 0 spiro atoms. The average molecular weight is 424 g/mol. The maximum absolute atomic E-state index is 12.3. The van der Waals surface area contributed by atoms with E-state index in [-0.39, 0.29) is 11.9 Å². The van der Waals surface area contributed by atoms with E-state index in [1.54, 1.807) is 11.8 Å². The lowest BCUT2D eigenvalue weighted by atomic mass is 10.1. The number of nitrogens with one attached hydrogen (secondary N) is 3. The fraction of sp³-hybridized carbons (Fsp3) is 0.381. The summed E-state index contributed by atoms with van der Waals surface area (Å²) in [4.78, 5) is 30.4. The number of nitrogens with zero attached hydrogens (tertiary/aromatic N) is 4. The van der Waals surface area contributed by atoms with Gasteiger partial charge in [0.15, 0.2) is 11.4 Å². The van der Waals surface area contributed by atoms with E-state index in [9.17, 15) is 4.79 Å². The molecule has 2 aromatic heterocycles. The van der Waals surface area contributed by atoms with Gasteiger partial charge in [-0.05, 0) is 39.3 Å². The molecule has 4 rings (SSSR count). The number of carbonyl (C=O) groups is 1.